The summed E-state index contributed by atoms with van der Waals surface area (Å²) < 4.78 is 6.78. The molecule has 1 aromatic heterocycles. The van der Waals surface area contributed by atoms with Crippen LogP contribution in [0.15, 0.2) is 0 Å². The van der Waals surface area contributed by atoms with Gasteiger partial charge in [-0.3, -0.25) is 0 Å². The van der Waals surface area contributed by atoms with E-state index in [0.29, 0.717) is 6.61 Å². The van der Waals surface area contributed by atoms with Crippen LogP contribution in [0.5, 0.6) is 0 Å². The van der Waals surface area contributed by atoms with E-state index in [4.69, 9.17) is 10.5 Å². The van der Waals surface area contributed by atoms with Crippen LogP contribution in [0.3, 0.4) is 0 Å². The van der Waals surface area contributed by atoms with Crippen molar-refractivity contribution < 1.29 is 4.74 Å². The topological polar surface area (TPSA) is 66.0 Å². The lowest BCUT2D eigenvalue weighted by Crippen LogP contribution is -2.20. The second-order valence-corrected chi connectivity index (χ2v) is 2.73. The first-order valence-corrected chi connectivity index (χ1v) is 3.77. The van der Waals surface area contributed by atoms with Crippen LogP contribution in [0.1, 0.15) is 17.7 Å². The van der Waals surface area contributed by atoms with Gasteiger partial charge in [-0.2, -0.15) is 0 Å². The number of rotatable bonds is 3. The minimum Gasteiger partial charge on any atom is -0.383 e. The first-order chi connectivity index (χ1) is 5.66. The highest BCUT2D eigenvalue weighted by Crippen LogP contribution is 2.06. The first kappa shape index (κ1) is 9.15. The molecule has 5 nitrogen and oxygen atoms in total. The van der Waals surface area contributed by atoms with E-state index in [0.717, 1.165) is 11.6 Å². The molecule has 5 heteroatoms. The maximum Gasteiger partial charge on any atom is 0.152 e. The van der Waals surface area contributed by atoms with Gasteiger partial charge in [0.2, 0.25) is 0 Å². The van der Waals surface area contributed by atoms with Crippen molar-refractivity contribution in [2.75, 3.05) is 13.7 Å². The summed E-state index contributed by atoms with van der Waals surface area (Å²) >= 11 is 0. The van der Waals surface area contributed by atoms with E-state index in [9.17, 15) is 0 Å². The van der Waals surface area contributed by atoms with Gasteiger partial charge in [-0.25, -0.2) is 0 Å². The van der Waals surface area contributed by atoms with Crippen molar-refractivity contribution in [3.63, 3.8) is 0 Å². The van der Waals surface area contributed by atoms with Crippen LogP contribution in [0.2, 0.25) is 0 Å². The van der Waals surface area contributed by atoms with E-state index < -0.39 is 0 Å². The molecule has 0 spiro atoms. The third-order valence-corrected chi connectivity index (χ3v) is 1.80. The second kappa shape index (κ2) is 3.64. The van der Waals surface area contributed by atoms with Gasteiger partial charge in [-0.1, -0.05) is 0 Å². The van der Waals surface area contributed by atoms with Crippen LogP contribution in [0, 0.1) is 6.92 Å². The van der Waals surface area contributed by atoms with Gasteiger partial charge in [0.15, 0.2) is 5.82 Å². The first-order valence-electron chi connectivity index (χ1n) is 3.77. The van der Waals surface area contributed by atoms with Gasteiger partial charge in [-0.05, 0) is 6.92 Å². The third kappa shape index (κ3) is 1.62. The summed E-state index contributed by atoms with van der Waals surface area (Å²) in [5.41, 5.74) is 5.77. The maximum atomic E-state index is 5.77. The molecule has 0 bridgehead atoms. The Bertz CT molecular complexity index is 258. The number of hydrogen-bond acceptors (Lipinski definition) is 4. The van der Waals surface area contributed by atoms with Crippen LogP contribution in [0.25, 0.3) is 0 Å². The summed E-state index contributed by atoms with van der Waals surface area (Å²) in [5, 5.41) is 7.84. The summed E-state index contributed by atoms with van der Waals surface area (Å²) in [6.07, 6.45) is 0. The molecule has 0 amide bonds. The lowest BCUT2D eigenvalue weighted by molar-refractivity contribution is 0.177. The van der Waals surface area contributed by atoms with Gasteiger partial charge < -0.3 is 15.0 Å². The van der Waals surface area contributed by atoms with Crippen molar-refractivity contribution >= 4 is 0 Å². The molecule has 1 aromatic rings. The molecule has 0 aliphatic rings. The number of aromatic nitrogens is 3. The van der Waals surface area contributed by atoms with Crippen molar-refractivity contribution in [3.05, 3.63) is 11.6 Å². The zero-order valence-electron chi connectivity index (χ0n) is 7.61. The van der Waals surface area contributed by atoms with E-state index in [1.54, 1.807) is 7.11 Å². The fourth-order valence-electron chi connectivity index (χ4n) is 1.00. The van der Waals surface area contributed by atoms with Gasteiger partial charge in [0, 0.05) is 14.2 Å². The SMILES string of the molecule is COCC(N)c1nnc(C)n1C. The molecule has 12 heavy (non-hydrogen) atoms. The average Bonchev–Trinajstić information content (AvgIpc) is 2.34. The Morgan fingerprint density at radius 3 is 2.67 bits per heavy atom. The fraction of sp³-hybridized carbons (Fsp3) is 0.714. The minimum absolute atomic E-state index is 0.193. The molecule has 0 fully saturated rings. The average molecular weight is 170 g/mol. The highest BCUT2D eigenvalue weighted by atomic mass is 16.5. The van der Waals surface area contributed by atoms with Crippen molar-refractivity contribution in [2.45, 2.75) is 13.0 Å². The summed E-state index contributed by atoms with van der Waals surface area (Å²) in [4.78, 5) is 0. The molecule has 0 aliphatic heterocycles. The number of nitrogens with two attached hydrogens (primary N) is 1. The zero-order valence-corrected chi connectivity index (χ0v) is 7.61. The van der Waals surface area contributed by atoms with Crippen LogP contribution >= 0.6 is 0 Å². The zero-order chi connectivity index (χ0) is 9.14. The molecule has 0 radical (unpaired) electrons. The smallest absolute Gasteiger partial charge is 0.152 e. The predicted molar refractivity (Wildman–Crippen MR) is 44.5 cm³/mol. The lowest BCUT2D eigenvalue weighted by Gasteiger charge is -2.08. The quantitative estimate of drug-likeness (QED) is 0.680. The van der Waals surface area contributed by atoms with E-state index in [2.05, 4.69) is 10.2 Å². The molecule has 68 valence electrons. The highest BCUT2D eigenvalue weighted by molar-refractivity contribution is 4.97. The highest BCUT2D eigenvalue weighted by Gasteiger charge is 2.12. The number of ether oxygens (including phenoxy) is 1. The lowest BCUT2D eigenvalue weighted by atomic mass is 10.3. The van der Waals surface area contributed by atoms with E-state index in [-0.39, 0.29) is 6.04 Å². The second-order valence-electron chi connectivity index (χ2n) is 2.73. The Morgan fingerprint density at radius 2 is 2.25 bits per heavy atom. The molecule has 0 aromatic carbocycles. The Morgan fingerprint density at radius 1 is 1.58 bits per heavy atom. The Kier molecular flexibility index (Phi) is 2.78. The Balaban J connectivity index is 2.80. The van der Waals surface area contributed by atoms with E-state index in [1.165, 1.54) is 0 Å². The number of aryl methyl sites for hydroxylation is 1. The standard InChI is InChI=1S/C7H14N4O/c1-5-9-10-7(11(5)2)6(8)4-12-3/h6H,4,8H2,1-3H3. The van der Waals surface area contributed by atoms with Crippen molar-refractivity contribution in [1.29, 1.82) is 0 Å². The Hall–Kier alpha value is -0.940. The molecule has 1 atom stereocenters. The van der Waals surface area contributed by atoms with Crippen LogP contribution in [0.4, 0.5) is 0 Å². The molecule has 1 rings (SSSR count). The third-order valence-electron chi connectivity index (χ3n) is 1.80. The number of nitrogens with zero attached hydrogens (tertiary/aromatic N) is 3. The maximum absolute atomic E-state index is 5.77. The van der Waals surface area contributed by atoms with Gasteiger partial charge in [0.25, 0.3) is 0 Å². The molecule has 1 unspecified atom stereocenters. The summed E-state index contributed by atoms with van der Waals surface area (Å²) in [5.74, 6) is 1.62. The normalized spacial score (nSPS) is 13.3. The van der Waals surface area contributed by atoms with E-state index >= 15 is 0 Å². The van der Waals surface area contributed by atoms with Gasteiger partial charge in [0.05, 0.1) is 12.6 Å². The molecule has 0 aliphatic carbocycles. The molecular formula is C7H14N4O. The molecule has 1 heterocycles. The fourth-order valence-corrected chi connectivity index (χ4v) is 1.00. The van der Waals surface area contributed by atoms with Gasteiger partial charge >= 0.3 is 0 Å². The summed E-state index contributed by atoms with van der Waals surface area (Å²) in [6, 6.07) is -0.193. The van der Waals surface area contributed by atoms with Crippen LogP contribution in [-0.4, -0.2) is 28.5 Å². The molecular weight excluding hydrogens is 156 g/mol. The minimum atomic E-state index is -0.193. The predicted octanol–water partition coefficient (Wildman–Crippen LogP) is -0.230. The van der Waals surface area contributed by atoms with Gasteiger partial charge in [0.1, 0.15) is 5.82 Å². The molecule has 0 saturated heterocycles. The number of methoxy groups -OCH3 is 1. The van der Waals surface area contributed by atoms with Crippen molar-refractivity contribution in [1.82, 2.24) is 14.8 Å². The van der Waals surface area contributed by atoms with Crippen LogP contribution in [-0.2, 0) is 11.8 Å². The largest absolute Gasteiger partial charge is 0.383 e. The monoisotopic (exact) mass is 170 g/mol. The Labute approximate surface area is 71.5 Å². The van der Waals surface area contributed by atoms with Crippen molar-refractivity contribution in [3.8, 4) is 0 Å². The number of hydrogen-bond donors (Lipinski definition) is 1. The molecule has 0 saturated carbocycles. The van der Waals surface area contributed by atoms with Gasteiger partial charge in [-0.15, -0.1) is 10.2 Å². The van der Waals surface area contributed by atoms with E-state index in [1.807, 2.05) is 18.5 Å². The van der Waals surface area contributed by atoms with Crippen molar-refractivity contribution in [2.24, 2.45) is 12.8 Å². The van der Waals surface area contributed by atoms with Crippen LogP contribution < -0.4 is 5.73 Å². The summed E-state index contributed by atoms with van der Waals surface area (Å²) in [7, 11) is 3.50. The summed E-state index contributed by atoms with van der Waals surface area (Å²) in [6.45, 7) is 2.35. The molecule has 2 N–H and O–H groups in total.